The number of hydrogen-bond acceptors (Lipinski definition) is 9. The van der Waals surface area contributed by atoms with Crippen LogP contribution in [-0.2, 0) is 33.1 Å². The Balaban J connectivity index is 4.24. The molecule has 2 atom stereocenters. The second kappa shape index (κ2) is 31.2. The van der Waals surface area contributed by atoms with E-state index in [2.05, 4.69) is 6.92 Å². The van der Waals surface area contributed by atoms with Crippen molar-refractivity contribution in [2.45, 2.75) is 155 Å². The Hall–Kier alpha value is -0.830. The summed E-state index contributed by atoms with van der Waals surface area (Å²) < 4.78 is 21.3. The molecular formula is C33H66NO8P. The van der Waals surface area contributed by atoms with Gasteiger partial charge in [0.2, 0.25) is 0 Å². The highest BCUT2D eigenvalue weighted by Gasteiger charge is 2.25. The lowest BCUT2D eigenvalue weighted by atomic mass is 9.98. The van der Waals surface area contributed by atoms with E-state index in [0.717, 1.165) is 44.9 Å². The van der Waals surface area contributed by atoms with E-state index in [0.29, 0.717) is 13.0 Å². The minimum absolute atomic E-state index is 0.126. The van der Waals surface area contributed by atoms with Gasteiger partial charge < -0.3 is 23.8 Å². The van der Waals surface area contributed by atoms with Crippen molar-refractivity contribution in [1.29, 1.82) is 0 Å². The van der Waals surface area contributed by atoms with E-state index < -0.39 is 14.7 Å². The molecule has 0 aromatic carbocycles. The molecule has 10 heteroatoms. The van der Waals surface area contributed by atoms with Crippen LogP contribution in [0.15, 0.2) is 0 Å². The number of carbonyl (C=O) groups is 2. The normalized spacial score (nSPS) is 13.0. The van der Waals surface area contributed by atoms with Crippen molar-refractivity contribution in [1.82, 2.24) is 4.90 Å². The van der Waals surface area contributed by atoms with E-state index in [4.69, 9.17) is 23.6 Å². The lowest BCUT2D eigenvalue weighted by Gasteiger charge is -2.22. The molecule has 0 rings (SSSR count). The first-order chi connectivity index (χ1) is 20.8. The van der Waals surface area contributed by atoms with Gasteiger partial charge in [0, 0.05) is 13.0 Å². The van der Waals surface area contributed by atoms with Crippen LogP contribution in [0.25, 0.3) is 0 Å². The van der Waals surface area contributed by atoms with Gasteiger partial charge in [0.05, 0.1) is 19.1 Å². The Morgan fingerprint density at radius 1 is 0.721 bits per heavy atom. The molecule has 0 bridgehead atoms. The zero-order valence-electron chi connectivity index (χ0n) is 28.3. The van der Waals surface area contributed by atoms with E-state index in [1.165, 1.54) is 77.0 Å². The second-order valence-corrected chi connectivity index (χ2v) is 12.8. The third-order valence-corrected chi connectivity index (χ3v) is 8.02. The number of esters is 2. The molecule has 1 N–H and O–H groups in total. The van der Waals surface area contributed by atoms with Gasteiger partial charge in [-0.05, 0) is 33.4 Å². The summed E-state index contributed by atoms with van der Waals surface area (Å²) in [7, 11) is 1.47. The molecule has 0 fully saturated rings. The van der Waals surface area contributed by atoms with E-state index in [1.54, 1.807) is 0 Å². The minimum Gasteiger partial charge on any atom is -0.462 e. The van der Waals surface area contributed by atoms with Gasteiger partial charge >= 0.3 is 20.5 Å². The number of nitrogens with zero attached hydrogens (tertiary/aromatic N) is 1. The van der Waals surface area contributed by atoms with Gasteiger partial charge in [-0.3, -0.25) is 9.59 Å². The highest BCUT2D eigenvalue weighted by molar-refractivity contribution is 7.40. The lowest BCUT2D eigenvalue weighted by Crippen LogP contribution is -2.32. The number of rotatable bonds is 32. The van der Waals surface area contributed by atoms with Crippen LogP contribution in [0.5, 0.6) is 0 Å². The summed E-state index contributed by atoms with van der Waals surface area (Å²) >= 11 is 0. The first-order valence-electron chi connectivity index (χ1n) is 17.3. The molecule has 0 saturated carbocycles. The van der Waals surface area contributed by atoms with Gasteiger partial charge in [0.1, 0.15) is 6.61 Å². The number of carbonyl (C=O) groups excluding carboxylic acids is 2. The SMILES string of the molecule is CCCCCCCCCCCCCCCCCC(=O)OCC(COP(O)OOCCN(C)C)OC(=O)C(CCC)CCC. The monoisotopic (exact) mass is 635 g/mol. The van der Waals surface area contributed by atoms with Crippen LogP contribution in [0.1, 0.15) is 149 Å². The fraction of sp³-hybridized carbons (Fsp3) is 0.939. The lowest BCUT2D eigenvalue weighted by molar-refractivity contribution is -0.217. The first-order valence-corrected chi connectivity index (χ1v) is 18.4. The molecule has 0 aromatic rings. The van der Waals surface area contributed by atoms with Crippen molar-refractivity contribution >= 4 is 20.5 Å². The van der Waals surface area contributed by atoms with Crippen molar-refractivity contribution < 1.29 is 38.0 Å². The fourth-order valence-corrected chi connectivity index (χ4v) is 5.32. The van der Waals surface area contributed by atoms with Crippen LogP contribution in [0.2, 0.25) is 0 Å². The standard InChI is InChI=1S/C33H66NO8P/c1-6-9-10-11-12-13-14-15-16-17-18-19-20-21-22-25-32(35)38-28-31(41-33(36)30(23-7-2)24-8-3)29-40-43(37)42-39-27-26-34(4)5/h30-31,37H,6-29H2,1-5H3. The minimum atomic E-state index is -2.32. The average molecular weight is 636 g/mol. The molecule has 43 heavy (non-hydrogen) atoms. The third-order valence-electron chi connectivity index (χ3n) is 7.41. The molecule has 256 valence electrons. The van der Waals surface area contributed by atoms with Crippen LogP contribution in [0.3, 0.4) is 0 Å². The molecule has 0 saturated heterocycles. The zero-order valence-corrected chi connectivity index (χ0v) is 29.2. The quantitative estimate of drug-likeness (QED) is 0.0256. The Morgan fingerprint density at radius 2 is 1.23 bits per heavy atom. The predicted molar refractivity (Wildman–Crippen MR) is 174 cm³/mol. The van der Waals surface area contributed by atoms with Gasteiger partial charge in [-0.25, -0.2) is 4.89 Å². The third kappa shape index (κ3) is 28.4. The average Bonchev–Trinajstić information content (AvgIpc) is 2.98. The van der Waals surface area contributed by atoms with Crippen molar-refractivity contribution in [3.8, 4) is 0 Å². The summed E-state index contributed by atoms with van der Waals surface area (Å²) in [4.78, 5) is 42.0. The van der Waals surface area contributed by atoms with Gasteiger partial charge in [-0.1, -0.05) is 124 Å². The maximum Gasteiger partial charge on any atom is 0.360 e. The summed E-state index contributed by atoms with van der Waals surface area (Å²) in [5.41, 5.74) is 0. The predicted octanol–water partition coefficient (Wildman–Crippen LogP) is 8.66. The van der Waals surface area contributed by atoms with Crippen LogP contribution < -0.4 is 0 Å². The van der Waals surface area contributed by atoms with Crippen LogP contribution >= 0.6 is 8.60 Å². The summed E-state index contributed by atoms with van der Waals surface area (Å²) in [5, 5.41) is 0. The fourth-order valence-electron chi connectivity index (χ4n) is 4.82. The Bertz CT molecular complexity index is 634. The van der Waals surface area contributed by atoms with Crippen molar-refractivity contribution in [2.24, 2.45) is 5.92 Å². The van der Waals surface area contributed by atoms with Crippen LogP contribution in [0, 0.1) is 5.92 Å². The molecule has 2 unspecified atom stereocenters. The van der Waals surface area contributed by atoms with Gasteiger partial charge in [-0.2, -0.15) is 4.67 Å². The Kier molecular flexibility index (Phi) is 30.6. The molecule has 0 heterocycles. The Morgan fingerprint density at radius 3 is 1.72 bits per heavy atom. The number of likely N-dealkylation sites (N-methyl/N-ethyl adjacent to an activating group) is 1. The molecule has 0 aliphatic carbocycles. The highest BCUT2D eigenvalue weighted by Crippen LogP contribution is 2.33. The second-order valence-electron chi connectivity index (χ2n) is 11.9. The summed E-state index contributed by atoms with van der Waals surface area (Å²) in [6.07, 6.45) is 21.7. The van der Waals surface area contributed by atoms with Crippen LogP contribution in [-0.4, -0.2) is 68.3 Å². The number of ether oxygens (including phenoxy) is 2. The van der Waals surface area contributed by atoms with Crippen LogP contribution in [0.4, 0.5) is 0 Å². The maximum absolute atomic E-state index is 12.8. The summed E-state index contributed by atoms with van der Waals surface area (Å²) in [5.74, 6) is -0.861. The van der Waals surface area contributed by atoms with E-state index in [-0.39, 0.29) is 37.7 Å². The molecule has 0 spiro atoms. The topological polar surface area (TPSA) is 104 Å². The summed E-state index contributed by atoms with van der Waals surface area (Å²) in [6, 6.07) is 0. The van der Waals surface area contributed by atoms with Gasteiger partial charge in [0.25, 0.3) is 0 Å². The molecule has 0 aliphatic rings. The van der Waals surface area contributed by atoms with Gasteiger partial charge in [-0.15, -0.1) is 0 Å². The highest BCUT2D eigenvalue weighted by atomic mass is 31.2. The van der Waals surface area contributed by atoms with Crippen molar-refractivity contribution in [3.05, 3.63) is 0 Å². The first kappa shape index (κ1) is 42.2. The van der Waals surface area contributed by atoms with Crippen molar-refractivity contribution in [2.75, 3.05) is 40.5 Å². The van der Waals surface area contributed by atoms with Crippen molar-refractivity contribution in [3.63, 3.8) is 0 Å². The smallest absolute Gasteiger partial charge is 0.360 e. The van der Waals surface area contributed by atoms with E-state index >= 15 is 0 Å². The zero-order chi connectivity index (χ0) is 32.0. The molecule has 0 amide bonds. The van der Waals surface area contributed by atoms with E-state index in [9.17, 15) is 14.5 Å². The number of hydrogen-bond donors (Lipinski definition) is 1. The van der Waals surface area contributed by atoms with E-state index in [1.807, 2.05) is 32.8 Å². The number of unbranched alkanes of at least 4 members (excludes halogenated alkanes) is 14. The Labute approximate surface area is 265 Å². The van der Waals surface area contributed by atoms with Gasteiger partial charge in [0.15, 0.2) is 6.10 Å². The summed E-state index contributed by atoms with van der Waals surface area (Å²) in [6.45, 7) is 6.92. The molecule has 0 radical (unpaired) electrons. The molecule has 0 aromatic heterocycles. The molecular weight excluding hydrogens is 569 g/mol. The molecule has 0 aliphatic heterocycles. The largest absolute Gasteiger partial charge is 0.462 e. The maximum atomic E-state index is 12.8. The molecule has 9 nitrogen and oxygen atoms in total.